The molecule has 3 unspecified atom stereocenters. The molecule has 0 aliphatic heterocycles. The number of allylic oxidation sites excluding steroid dienone is 21. The van der Waals surface area contributed by atoms with Gasteiger partial charge in [-0.15, -0.1) is 0 Å². The van der Waals surface area contributed by atoms with E-state index in [0.717, 1.165) is 83.5 Å². The fourth-order valence-corrected chi connectivity index (χ4v) is 7.61. The molecule has 0 saturated heterocycles. The summed E-state index contributed by atoms with van der Waals surface area (Å²) in [5.41, 5.74) is 0. The van der Waals surface area contributed by atoms with E-state index in [0.29, 0.717) is 36.7 Å². The third-order valence-corrected chi connectivity index (χ3v) is 12.0. The molecule has 1 amide bonds. The Kier molecular flexibility index (Phi) is 47.0. The number of nitrogens with one attached hydrogen (secondary N) is 1. The quantitative estimate of drug-likeness (QED) is 0.0212. The zero-order chi connectivity index (χ0) is 52.2. The Morgan fingerprint density at radius 2 is 0.901 bits per heavy atom. The number of phosphoric ester groups is 1. The predicted molar refractivity (Wildman–Crippen MR) is 302 cm³/mol. The minimum atomic E-state index is -4.73. The van der Waals surface area contributed by atoms with Crippen LogP contribution in [0.4, 0.5) is 0 Å². The lowest BCUT2D eigenvalue weighted by molar-refractivity contribution is -0.870. The van der Waals surface area contributed by atoms with Gasteiger partial charge in [0, 0.05) is 12.8 Å². The number of hydrogen-bond donors (Lipinski definition) is 1. The SMILES string of the molecule is CC/C=C\C/C=C\C/C=C\C/C=C\C/C=C\CCCC(=O)NC(COP(=O)([O-])OCC[N+](C)(C)C)C(/C=C/CCCCCCCCCCC)OC(=O)CCC/C=C\C/C=C\C/C=C\C/C=C\C/C=C\CC. The number of carbonyl (C=O) groups excluding carboxylic acids is 2. The molecule has 3 atom stereocenters. The Balaban J connectivity index is 5.56. The molecule has 0 aromatic heterocycles. The van der Waals surface area contributed by atoms with Crippen molar-refractivity contribution in [3.8, 4) is 0 Å². The van der Waals surface area contributed by atoms with Crippen LogP contribution in [0, 0.1) is 0 Å². The van der Waals surface area contributed by atoms with Crippen LogP contribution in [0.25, 0.3) is 0 Å². The van der Waals surface area contributed by atoms with Crippen LogP contribution in [0.1, 0.15) is 188 Å². The number of quaternary nitrogens is 1. The Bertz CT molecular complexity index is 1680. The van der Waals surface area contributed by atoms with Crippen molar-refractivity contribution in [3.05, 3.63) is 134 Å². The van der Waals surface area contributed by atoms with E-state index < -0.39 is 32.5 Å². The highest BCUT2D eigenvalue weighted by atomic mass is 31.2. The Labute approximate surface area is 435 Å². The maximum atomic E-state index is 13.4. The third kappa shape index (κ3) is 50.9. The first-order valence-corrected chi connectivity index (χ1v) is 29.0. The van der Waals surface area contributed by atoms with Crippen LogP contribution in [0.2, 0.25) is 0 Å². The Morgan fingerprint density at radius 3 is 1.34 bits per heavy atom. The summed E-state index contributed by atoms with van der Waals surface area (Å²) >= 11 is 0. The smallest absolute Gasteiger partial charge is 0.306 e. The van der Waals surface area contributed by atoms with Gasteiger partial charge < -0.3 is 28.5 Å². The van der Waals surface area contributed by atoms with E-state index in [1.165, 1.54) is 44.9 Å². The van der Waals surface area contributed by atoms with Gasteiger partial charge in [-0.3, -0.25) is 14.2 Å². The summed E-state index contributed by atoms with van der Waals surface area (Å²) in [5, 5.41) is 2.96. The highest BCUT2D eigenvalue weighted by Gasteiger charge is 2.27. The second-order valence-corrected chi connectivity index (χ2v) is 20.4. The van der Waals surface area contributed by atoms with Crippen molar-refractivity contribution in [1.82, 2.24) is 5.32 Å². The van der Waals surface area contributed by atoms with Gasteiger partial charge in [-0.2, -0.15) is 0 Å². The van der Waals surface area contributed by atoms with Gasteiger partial charge in [0.1, 0.15) is 19.3 Å². The average Bonchev–Trinajstić information content (AvgIpc) is 3.33. The molecule has 1 N–H and O–H groups in total. The molecule has 0 heterocycles. The Hall–Kier alpha value is -3.85. The molecule has 0 rings (SSSR count). The number of esters is 1. The Morgan fingerprint density at radius 1 is 0.507 bits per heavy atom. The van der Waals surface area contributed by atoms with Crippen LogP contribution in [-0.4, -0.2) is 69.4 Å². The number of unbranched alkanes of at least 4 members (excludes halogenated alkanes) is 11. The monoisotopic (exact) mass is 1000 g/mol. The normalized spacial score (nSPS) is 14.9. The number of phosphoric acid groups is 1. The van der Waals surface area contributed by atoms with Crippen LogP contribution in [-0.2, 0) is 27.9 Å². The lowest BCUT2D eigenvalue weighted by atomic mass is 10.1. The predicted octanol–water partition coefficient (Wildman–Crippen LogP) is 15.9. The molecule has 0 aliphatic carbocycles. The maximum Gasteiger partial charge on any atom is 0.306 e. The van der Waals surface area contributed by atoms with Crippen molar-refractivity contribution >= 4 is 19.7 Å². The number of nitrogens with zero attached hydrogens (tertiary/aromatic N) is 1. The summed E-state index contributed by atoms with van der Waals surface area (Å²) in [5.74, 6) is -0.693. The first-order chi connectivity index (χ1) is 34.4. The van der Waals surface area contributed by atoms with Gasteiger partial charge in [0.25, 0.3) is 7.82 Å². The van der Waals surface area contributed by atoms with Crippen LogP contribution in [0.5, 0.6) is 0 Å². The fraction of sp³-hybridized carbons (Fsp3) is 0.607. The summed E-state index contributed by atoms with van der Waals surface area (Å²) in [4.78, 5) is 39.7. The van der Waals surface area contributed by atoms with Gasteiger partial charge in [-0.05, 0) is 109 Å². The highest BCUT2D eigenvalue weighted by Crippen LogP contribution is 2.38. The molecule has 0 bridgehead atoms. The molecular weight excluding hydrogens is 904 g/mol. The van der Waals surface area contributed by atoms with E-state index in [1.807, 2.05) is 27.2 Å². The maximum absolute atomic E-state index is 13.4. The minimum absolute atomic E-state index is 0.0496. The van der Waals surface area contributed by atoms with Crippen molar-refractivity contribution in [2.45, 2.75) is 200 Å². The standard InChI is InChI=1S/C61H101N2O7P/c1-7-10-13-16-19-22-25-27-29-31-33-35-38-41-44-47-50-53-60(64)62-58(57-69-71(66,67)68-56-55-63(4,5)6)59(52-49-46-43-40-37-24-21-18-15-12-9-3)70-61(65)54-51-48-45-42-39-36-34-32-30-28-26-23-20-17-14-11-8-2/h10-11,13-14,19-20,22-23,27-30,33-36,41-42,44-45,49,52,58-59H,7-9,12,15-18,21,24-26,31-32,37-40,43,46-48,50-51,53-57H2,1-6H3,(H-,62,64,66,67)/b13-10-,14-11-,22-19-,23-20-,29-27-,30-28-,35-33-,36-34-,44-41-,45-42-,52-49+. The molecule has 0 aromatic carbocycles. The summed E-state index contributed by atoms with van der Waals surface area (Å²) in [6.45, 7) is 6.48. The first kappa shape index (κ1) is 67.1. The number of ether oxygens (including phenoxy) is 1. The number of hydrogen-bond acceptors (Lipinski definition) is 7. The van der Waals surface area contributed by atoms with Gasteiger partial charge in [0.2, 0.25) is 5.91 Å². The molecule has 9 nitrogen and oxygen atoms in total. The second kappa shape index (κ2) is 49.7. The molecule has 0 saturated carbocycles. The van der Waals surface area contributed by atoms with Crippen molar-refractivity contribution in [1.29, 1.82) is 0 Å². The van der Waals surface area contributed by atoms with Crippen LogP contribution >= 0.6 is 7.82 Å². The minimum Gasteiger partial charge on any atom is -0.756 e. The van der Waals surface area contributed by atoms with Crippen molar-refractivity contribution in [2.75, 3.05) is 40.9 Å². The topological polar surface area (TPSA) is 114 Å². The molecule has 402 valence electrons. The van der Waals surface area contributed by atoms with Gasteiger partial charge >= 0.3 is 5.97 Å². The zero-order valence-corrected chi connectivity index (χ0v) is 46.5. The molecule has 10 heteroatoms. The molecule has 0 radical (unpaired) electrons. The fourth-order valence-electron chi connectivity index (χ4n) is 6.88. The van der Waals surface area contributed by atoms with Gasteiger partial charge in [0.15, 0.2) is 0 Å². The van der Waals surface area contributed by atoms with Crippen LogP contribution < -0.4 is 10.2 Å². The van der Waals surface area contributed by atoms with E-state index in [1.54, 1.807) is 6.08 Å². The van der Waals surface area contributed by atoms with Crippen molar-refractivity contribution in [2.24, 2.45) is 0 Å². The van der Waals surface area contributed by atoms with E-state index in [4.69, 9.17) is 13.8 Å². The molecule has 0 aliphatic rings. The third-order valence-electron chi connectivity index (χ3n) is 11.1. The number of rotatable bonds is 47. The summed E-state index contributed by atoms with van der Waals surface area (Å²) in [6.07, 6.45) is 70.1. The van der Waals surface area contributed by atoms with Gasteiger partial charge in [0.05, 0.1) is 33.8 Å². The zero-order valence-electron chi connectivity index (χ0n) is 45.6. The molecule has 0 fully saturated rings. The summed E-state index contributed by atoms with van der Waals surface area (Å²) < 4.78 is 30.1. The van der Waals surface area contributed by atoms with Crippen LogP contribution in [0.15, 0.2) is 134 Å². The lowest BCUT2D eigenvalue weighted by Gasteiger charge is -2.30. The number of amides is 1. The largest absolute Gasteiger partial charge is 0.756 e. The lowest BCUT2D eigenvalue weighted by Crippen LogP contribution is -2.47. The van der Waals surface area contributed by atoms with Crippen LogP contribution in [0.3, 0.4) is 0 Å². The second-order valence-electron chi connectivity index (χ2n) is 19.0. The van der Waals surface area contributed by atoms with E-state index >= 15 is 0 Å². The van der Waals surface area contributed by atoms with E-state index in [2.05, 4.69) is 148 Å². The first-order valence-electron chi connectivity index (χ1n) is 27.5. The van der Waals surface area contributed by atoms with E-state index in [9.17, 15) is 19.0 Å². The number of likely N-dealkylation sites (N-methyl/N-ethyl adjacent to an activating group) is 1. The van der Waals surface area contributed by atoms with Crippen molar-refractivity contribution < 1.29 is 37.3 Å². The average molecular weight is 1010 g/mol. The summed E-state index contributed by atoms with van der Waals surface area (Å²) in [7, 11) is 1.09. The molecular formula is C61H101N2O7P. The van der Waals surface area contributed by atoms with Crippen molar-refractivity contribution in [3.63, 3.8) is 0 Å². The number of carbonyl (C=O) groups is 2. The molecule has 71 heavy (non-hydrogen) atoms. The highest BCUT2D eigenvalue weighted by molar-refractivity contribution is 7.45. The van der Waals surface area contributed by atoms with Gasteiger partial charge in [-0.1, -0.05) is 200 Å². The molecule has 0 aromatic rings. The van der Waals surface area contributed by atoms with E-state index in [-0.39, 0.29) is 25.4 Å². The van der Waals surface area contributed by atoms with Gasteiger partial charge in [-0.25, -0.2) is 0 Å². The summed E-state index contributed by atoms with van der Waals surface area (Å²) in [6, 6.07) is -0.949. The molecule has 0 spiro atoms.